The van der Waals surface area contributed by atoms with Crippen molar-refractivity contribution in [2.24, 2.45) is 0 Å². The summed E-state index contributed by atoms with van der Waals surface area (Å²) in [6.45, 7) is 1.99. The molecular formula is C15H15N5O2. The number of benzene rings is 1. The second kappa shape index (κ2) is 5.80. The van der Waals surface area contributed by atoms with Crippen molar-refractivity contribution in [1.29, 1.82) is 0 Å². The van der Waals surface area contributed by atoms with Crippen molar-refractivity contribution in [3.63, 3.8) is 0 Å². The van der Waals surface area contributed by atoms with Crippen molar-refractivity contribution < 1.29 is 9.32 Å². The van der Waals surface area contributed by atoms with Crippen LogP contribution in [0.1, 0.15) is 22.1 Å². The summed E-state index contributed by atoms with van der Waals surface area (Å²) >= 11 is 0. The molecule has 1 N–H and O–H groups in total. The van der Waals surface area contributed by atoms with Gasteiger partial charge >= 0.3 is 0 Å². The van der Waals surface area contributed by atoms with E-state index in [-0.39, 0.29) is 12.5 Å². The summed E-state index contributed by atoms with van der Waals surface area (Å²) in [5.41, 5.74) is 1.33. The minimum atomic E-state index is -0.130. The van der Waals surface area contributed by atoms with E-state index < -0.39 is 0 Å². The van der Waals surface area contributed by atoms with Gasteiger partial charge < -0.3 is 14.4 Å². The molecule has 0 saturated carbocycles. The molecule has 0 aliphatic carbocycles. The first-order valence-electron chi connectivity index (χ1n) is 6.78. The van der Waals surface area contributed by atoms with E-state index in [0.29, 0.717) is 23.1 Å². The maximum absolute atomic E-state index is 12.7. The predicted octanol–water partition coefficient (Wildman–Crippen LogP) is 2.04. The third-order valence-corrected chi connectivity index (χ3v) is 3.21. The average molecular weight is 297 g/mol. The summed E-state index contributed by atoms with van der Waals surface area (Å²) in [5.74, 6) is 1.48. The lowest BCUT2D eigenvalue weighted by atomic mass is 10.1. The molecule has 0 spiro atoms. The fourth-order valence-corrected chi connectivity index (χ4v) is 2.18. The Morgan fingerprint density at radius 1 is 1.36 bits per heavy atom. The molecule has 0 aliphatic heterocycles. The second-order valence-corrected chi connectivity index (χ2v) is 4.87. The van der Waals surface area contributed by atoms with Gasteiger partial charge in [0.1, 0.15) is 5.82 Å². The Kier molecular flexibility index (Phi) is 3.69. The summed E-state index contributed by atoms with van der Waals surface area (Å²) in [4.78, 5) is 25.6. The minimum Gasteiger partial charge on any atom is -0.345 e. The van der Waals surface area contributed by atoms with Crippen molar-refractivity contribution in [2.75, 3.05) is 7.05 Å². The highest BCUT2D eigenvalue weighted by Crippen LogP contribution is 2.21. The molecule has 3 rings (SSSR count). The van der Waals surface area contributed by atoms with Crippen LogP contribution in [0, 0.1) is 6.92 Å². The van der Waals surface area contributed by atoms with Gasteiger partial charge in [-0.2, -0.15) is 4.98 Å². The third kappa shape index (κ3) is 2.73. The van der Waals surface area contributed by atoms with Crippen LogP contribution in [-0.4, -0.2) is 38.0 Å². The van der Waals surface area contributed by atoms with Gasteiger partial charge in [0.25, 0.3) is 5.91 Å². The Bertz CT molecular complexity index is 779. The van der Waals surface area contributed by atoms with Gasteiger partial charge in [-0.15, -0.1) is 0 Å². The van der Waals surface area contributed by atoms with E-state index in [1.165, 1.54) is 0 Å². The Balaban J connectivity index is 1.86. The molecule has 1 amide bonds. The van der Waals surface area contributed by atoms with E-state index in [1.54, 1.807) is 37.3 Å². The van der Waals surface area contributed by atoms with E-state index in [2.05, 4.69) is 20.1 Å². The molecule has 0 bridgehead atoms. The summed E-state index contributed by atoms with van der Waals surface area (Å²) in [7, 11) is 1.70. The molecule has 112 valence electrons. The van der Waals surface area contributed by atoms with Crippen molar-refractivity contribution in [2.45, 2.75) is 13.5 Å². The number of imidazole rings is 1. The van der Waals surface area contributed by atoms with Gasteiger partial charge in [0, 0.05) is 31.9 Å². The number of hydrogen-bond donors (Lipinski definition) is 1. The highest BCUT2D eigenvalue weighted by Gasteiger charge is 2.19. The molecule has 0 fully saturated rings. The van der Waals surface area contributed by atoms with E-state index in [0.717, 1.165) is 5.56 Å². The van der Waals surface area contributed by atoms with E-state index in [1.807, 2.05) is 18.2 Å². The Labute approximate surface area is 127 Å². The van der Waals surface area contributed by atoms with E-state index >= 15 is 0 Å². The molecule has 22 heavy (non-hydrogen) atoms. The van der Waals surface area contributed by atoms with Crippen LogP contribution in [0.15, 0.2) is 41.2 Å². The molecule has 0 aliphatic rings. The topological polar surface area (TPSA) is 87.9 Å². The van der Waals surface area contributed by atoms with Crippen LogP contribution in [0.2, 0.25) is 0 Å². The number of carbonyl (C=O) groups excluding carboxylic acids is 1. The summed E-state index contributed by atoms with van der Waals surface area (Å²) in [6, 6.07) is 7.33. The summed E-state index contributed by atoms with van der Waals surface area (Å²) < 4.78 is 4.92. The van der Waals surface area contributed by atoms with Crippen LogP contribution >= 0.6 is 0 Å². The number of aromatic nitrogens is 4. The second-order valence-electron chi connectivity index (χ2n) is 4.87. The molecule has 0 saturated heterocycles. The number of nitrogens with one attached hydrogen (secondary N) is 1. The lowest BCUT2D eigenvalue weighted by Crippen LogP contribution is -2.27. The zero-order chi connectivity index (χ0) is 15.5. The Hall–Kier alpha value is -2.96. The molecule has 0 atom stereocenters. The summed E-state index contributed by atoms with van der Waals surface area (Å²) in [5, 5.41) is 3.81. The minimum absolute atomic E-state index is 0.130. The first-order valence-corrected chi connectivity index (χ1v) is 6.78. The molecule has 2 heterocycles. The number of nitrogens with zero attached hydrogens (tertiary/aromatic N) is 4. The predicted molar refractivity (Wildman–Crippen MR) is 78.9 cm³/mol. The van der Waals surface area contributed by atoms with Crippen LogP contribution in [0.3, 0.4) is 0 Å². The van der Waals surface area contributed by atoms with Crippen molar-refractivity contribution in [3.05, 3.63) is 53.9 Å². The molecule has 0 unspecified atom stereocenters. The normalized spacial score (nSPS) is 10.6. The molecule has 7 nitrogen and oxygen atoms in total. The third-order valence-electron chi connectivity index (χ3n) is 3.21. The Morgan fingerprint density at radius 3 is 2.86 bits per heavy atom. The fraction of sp³-hybridized carbons (Fsp3) is 0.200. The van der Waals surface area contributed by atoms with Gasteiger partial charge in [0.05, 0.1) is 12.1 Å². The fourth-order valence-electron chi connectivity index (χ4n) is 2.18. The number of H-pyrrole nitrogens is 1. The average Bonchev–Trinajstić information content (AvgIpc) is 3.18. The molecule has 0 radical (unpaired) electrons. The highest BCUT2D eigenvalue weighted by atomic mass is 16.5. The van der Waals surface area contributed by atoms with Crippen LogP contribution in [0.4, 0.5) is 0 Å². The zero-order valence-electron chi connectivity index (χ0n) is 12.3. The van der Waals surface area contributed by atoms with Gasteiger partial charge in [-0.05, 0) is 6.07 Å². The first-order chi connectivity index (χ1) is 10.6. The van der Waals surface area contributed by atoms with E-state index in [9.17, 15) is 4.79 Å². The number of aromatic amines is 1. The van der Waals surface area contributed by atoms with Gasteiger partial charge in [0.15, 0.2) is 5.82 Å². The quantitative estimate of drug-likeness (QED) is 0.796. The van der Waals surface area contributed by atoms with Crippen molar-refractivity contribution >= 4 is 5.91 Å². The zero-order valence-corrected chi connectivity index (χ0v) is 12.3. The maximum atomic E-state index is 12.7. The standard InChI is InChI=1S/C15H15N5O2/c1-10-18-13(19-22-10)9-20(2)15(21)12-6-4-3-5-11(12)14-16-7-8-17-14/h3-8H,9H2,1-2H3,(H,16,17). The molecule has 7 heteroatoms. The number of amides is 1. The molecular weight excluding hydrogens is 282 g/mol. The van der Waals surface area contributed by atoms with Crippen LogP contribution in [0.25, 0.3) is 11.4 Å². The number of hydrogen-bond acceptors (Lipinski definition) is 5. The smallest absolute Gasteiger partial charge is 0.254 e. The van der Waals surface area contributed by atoms with Gasteiger partial charge in [-0.3, -0.25) is 4.79 Å². The molecule has 1 aromatic carbocycles. The number of carbonyl (C=O) groups is 1. The van der Waals surface area contributed by atoms with Gasteiger partial charge in [-0.25, -0.2) is 4.98 Å². The largest absolute Gasteiger partial charge is 0.345 e. The van der Waals surface area contributed by atoms with Crippen LogP contribution in [-0.2, 0) is 6.54 Å². The van der Waals surface area contributed by atoms with E-state index in [4.69, 9.17) is 4.52 Å². The van der Waals surface area contributed by atoms with Crippen molar-refractivity contribution in [1.82, 2.24) is 25.0 Å². The lowest BCUT2D eigenvalue weighted by Gasteiger charge is -2.16. The van der Waals surface area contributed by atoms with Crippen molar-refractivity contribution in [3.8, 4) is 11.4 Å². The number of rotatable bonds is 4. The lowest BCUT2D eigenvalue weighted by molar-refractivity contribution is 0.0781. The van der Waals surface area contributed by atoms with Gasteiger partial charge in [-0.1, -0.05) is 23.4 Å². The van der Waals surface area contributed by atoms with Gasteiger partial charge in [0.2, 0.25) is 5.89 Å². The molecule has 3 aromatic rings. The SMILES string of the molecule is Cc1nc(CN(C)C(=O)c2ccccc2-c2ncc[nH]2)no1. The highest BCUT2D eigenvalue weighted by molar-refractivity contribution is 5.99. The maximum Gasteiger partial charge on any atom is 0.254 e. The van der Waals surface area contributed by atoms with Crippen LogP contribution in [0.5, 0.6) is 0 Å². The number of aryl methyl sites for hydroxylation is 1. The monoisotopic (exact) mass is 297 g/mol. The Morgan fingerprint density at radius 2 is 2.18 bits per heavy atom. The summed E-state index contributed by atoms with van der Waals surface area (Å²) in [6.07, 6.45) is 3.38. The molecule has 2 aromatic heterocycles. The first kappa shape index (κ1) is 14.0. The van der Waals surface area contributed by atoms with Crippen LogP contribution < -0.4 is 0 Å².